The lowest BCUT2D eigenvalue weighted by Gasteiger charge is -2.07. The quantitative estimate of drug-likeness (QED) is 0.420. The molecule has 1 aliphatic rings. The molecule has 0 unspecified atom stereocenters. The van der Waals surface area contributed by atoms with Crippen LogP contribution in [-0.4, -0.2) is 21.2 Å². The average Bonchev–Trinajstić information content (AvgIpc) is 3.30. The molecule has 6 nitrogen and oxygen atoms in total. The van der Waals surface area contributed by atoms with Gasteiger partial charge in [-0.1, -0.05) is 6.07 Å². The molecule has 0 N–H and O–H groups in total. The second-order valence-electron chi connectivity index (χ2n) is 7.33. The zero-order valence-electron chi connectivity index (χ0n) is 15.9. The van der Waals surface area contributed by atoms with E-state index in [2.05, 4.69) is 92.1 Å². The van der Waals surface area contributed by atoms with Gasteiger partial charge < -0.3 is 4.74 Å². The largest absolute Gasteiger partial charge is 0.497 e. The summed E-state index contributed by atoms with van der Waals surface area (Å²) in [7, 11) is 1.73. The Hall–Kier alpha value is -3.41. The molecule has 6 heteroatoms. The highest BCUT2D eigenvalue weighted by atomic mass is 16.5. The van der Waals surface area contributed by atoms with Gasteiger partial charge in [0.25, 0.3) is 0 Å². The van der Waals surface area contributed by atoms with Crippen LogP contribution in [0.3, 0.4) is 0 Å². The molecular weight excluding hydrogens is 350 g/mol. The van der Waals surface area contributed by atoms with Crippen LogP contribution in [0.15, 0.2) is 73.8 Å². The summed E-state index contributed by atoms with van der Waals surface area (Å²) in [6, 6.07) is 12.7. The smallest absolute Gasteiger partial charge is 0.244 e. The van der Waals surface area contributed by atoms with Crippen molar-refractivity contribution in [3.8, 4) is 5.75 Å². The van der Waals surface area contributed by atoms with Crippen molar-refractivity contribution in [2.24, 2.45) is 0 Å². The average molecular weight is 373 g/mol. The van der Waals surface area contributed by atoms with E-state index in [4.69, 9.17) is 9.72 Å². The summed E-state index contributed by atoms with van der Waals surface area (Å²) in [5.41, 5.74) is 4.58. The van der Waals surface area contributed by atoms with Crippen molar-refractivity contribution in [3.05, 3.63) is 96.4 Å². The Balaban J connectivity index is 1.58. The van der Waals surface area contributed by atoms with Gasteiger partial charge in [0.2, 0.25) is 12.7 Å². The molecule has 4 aromatic rings. The minimum atomic E-state index is 0.760. The van der Waals surface area contributed by atoms with E-state index in [1.165, 1.54) is 11.1 Å². The minimum absolute atomic E-state index is 0.760. The molecule has 0 amide bonds. The number of rotatable bonds is 1. The number of aromatic nitrogens is 5. The predicted molar refractivity (Wildman–Crippen MR) is 103 cm³/mol. The fourth-order valence-corrected chi connectivity index (χ4v) is 3.78. The third kappa shape index (κ3) is 3.53. The number of benzene rings is 1. The second-order valence-corrected chi connectivity index (χ2v) is 7.33. The summed E-state index contributed by atoms with van der Waals surface area (Å²) >= 11 is 0. The van der Waals surface area contributed by atoms with Crippen LogP contribution in [0.5, 0.6) is 5.75 Å². The molecule has 4 heterocycles. The summed E-state index contributed by atoms with van der Waals surface area (Å²) < 4.78 is 14.3. The van der Waals surface area contributed by atoms with E-state index in [0.29, 0.717) is 0 Å². The second kappa shape index (κ2) is 6.96. The number of fused-ring (bicyclic) bond motifs is 8. The van der Waals surface area contributed by atoms with Crippen molar-refractivity contribution in [2.75, 3.05) is 7.11 Å². The normalized spacial score (nSPS) is 13.3. The van der Waals surface area contributed by atoms with Gasteiger partial charge in [-0.05, 0) is 41.5 Å². The molecule has 1 aromatic carbocycles. The Bertz CT molecular complexity index is 1050. The number of hydrogen-bond acceptors (Lipinski definition) is 2. The summed E-state index contributed by atoms with van der Waals surface area (Å²) in [5, 5.41) is 0. The third-order valence-electron chi connectivity index (χ3n) is 5.04. The Morgan fingerprint density at radius 3 is 1.96 bits per heavy atom. The lowest BCUT2D eigenvalue weighted by molar-refractivity contribution is -0.688. The maximum atomic E-state index is 5.54. The Morgan fingerprint density at radius 1 is 0.857 bits per heavy atom. The Labute approximate surface area is 163 Å². The van der Waals surface area contributed by atoms with Crippen molar-refractivity contribution in [3.63, 3.8) is 0 Å². The topological polar surface area (TPSA) is 39.7 Å². The summed E-state index contributed by atoms with van der Waals surface area (Å²) in [4.78, 5) is 4.84. The standard InChI is InChI=1S/C22H23N5O/c1-28-22-10-18-9-19(11-22)13-25-6-8-27(17-25)15-21-4-2-3-20(23-21)14-26-7-5-24(12-18)16-26/h2-11,16-17H,12-15H2,1H3/q+2. The van der Waals surface area contributed by atoms with Crippen LogP contribution in [0.4, 0.5) is 0 Å². The number of pyridine rings is 1. The van der Waals surface area contributed by atoms with Crippen LogP contribution < -0.4 is 13.9 Å². The lowest BCUT2D eigenvalue weighted by atomic mass is 10.1. The van der Waals surface area contributed by atoms with Crippen LogP contribution >= 0.6 is 0 Å². The highest BCUT2D eigenvalue weighted by molar-refractivity contribution is 5.33. The van der Waals surface area contributed by atoms with E-state index in [9.17, 15) is 0 Å². The van der Waals surface area contributed by atoms with Gasteiger partial charge in [-0.15, -0.1) is 0 Å². The number of methoxy groups -OCH3 is 1. The predicted octanol–water partition coefficient (Wildman–Crippen LogP) is 1.77. The number of nitrogens with zero attached hydrogens (tertiary/aromatic N) is 5. The first-order valence-corrected chi connectivity index (χ1v) is 9.45. The molecule has 0 atom stereocenters. The van der Waals surface area contributed by atoms with E-state index in [-0.39, 0.29) is 0 Å². The number of imidazole rings is 2. The highest BCUT2D eigenvalue weighted by Gasteiger charge is 2.13. The molecule has 28 heavy (non-hydrogen) atoms. The molecule has 140 valence electrons. The molecule has 5 rings (SSSR count). The van der Waals surface area contributed by atoms with Crippen LogP contribution in [0.25, 0.3) is 0 Å². The number of ether oxygens (including phenoxy) is 1. The van der Waals surface area contributed by atoms with Crippen molar-refractivity contribution in [1.82, 2.24) is 14.1 Å². The highest BCUT2D eigenvalue weighted by Crippen LogP contribution is 2.17. The van der Waals surface area contributed by atoms with Gasteiger partial charge in [0, 0.05) is 0 Å². The summed E-state index contributed by atoms with van der Waals surface area (Å²) in [5.74, 6) is 0.896. The molecule has 0 saturated heterocycles. The maximum Gasteiger partial charge on any atom is 0.244 e. The van der Waals surface area contributed by atoms with Gasteiger partial charge in [0.05, 0.1) is 18.5 Å². The van der Waals surface area contributed by atoms with E-state index in [1.54, 1.807) is 7.11 Å². The molecule has 0 fully saturated rings. The first-order valence-electron chi connectivity index (χ1n) is 9.45. The Kier molecular flexibility index (Phi) is 4.16. The zero-order chi connectivity index (χ0) is 18.9. The Morgan fingerprint density at radius 2 is 1.43 bits per heavy atom. The van der Waals surface area contributed by atoms with Crippen molar-refractivity contribution in [1.29, 1.82) is 0 Å². The van der Waals surface area contributed by atoms with Gasteiger partial charge in [-0.25, -0.2) is 23.3 Å². The zero-order valence-corrected chi connectivity index (χ0v) is 15.9. The van der Waals surface area contributed by atoms with Gasteiger partial charge in [0.15, 0.2) is 0 Å². The molecule has 3 aromatic heterocycles. The summed E-state index contributed by atoms with van der Waals surface area (Å²) in [6.45, 7) is 3.12. The summed E-state index contributed by atoms with van der Waals surface area (Å²) in [6.07, 6.45) is 12.7. The molecule has 1 aliphatic heterocycles. The van der Waals surface area contributed by atoms with Gasteiger partial charge in [0.1, 0.15) is 56.7 Å². The van der Waals surface area contributed by atoms with E-state index in [1.807, 2.05) is 0 Å². The van der Waals surface area contributed by atoms with Crippen LogP contribution in [0.2, 0.25) is 0 Å². The van der Waals surface area contributed by atoms with E-state index >= 15 is 0 Å². The third-order valence-corrected chi connectivity index (χ3v) is 5.04. The number of hydrogen-bond donors (Lipinski definition) is 0. The molecule has 0 aliphatic carbocycles. The molecule has 0 radical (unpaired) electrons. The first kappa shape index (κ1) is 16.7. The van der Waals surface area contributed by atoms with Crippen LogP contribution in [0, 0.1) is 0 Å². The van der Waals surface area contributed by atoms with Crippen LogP contribution in [0.1, 0.15) is 22.5 Å². The molecule has 0 spiro atoms. The van der Waals surface area contributed by atoms with E-state index < -0.39 is 0 Å². The van der Waals surface area contributed by atoms with Crippen molar-refractivity contribution in [2.45, 2.75) is 26.2 Å². The van der Waals surface area contributed by atoms with Gasteiger partial charge >= 0.3 is 0 Å². The van der Waals surface area contributed by atoms with Crippen molar-refractivity contribution < 1.29 is 13.9 Å². The monoisotopic (exact) mass is 373 g/mol. The van der Waals surface area contributed by atoms with Gasteiger partial charge in [-0.3, -0.25) is 0 Å². The van der Waals surface area contributed by atoms with Crippen LogP contribution in [-0.2, 0) is 26.2 Å². The maximum absolute atomic E-state index is 5.54. The molecule has 8 bridgehead atoms. The van der Waals surface area contributed by atoms with Gasteiger partial charge in [-0.2, -0.15) is 0 Å². The first-order chi connectivity index (χ1) is 13.7. The lowest BCUT2D eigenvalue weighted by Crippen LogP contribution is -2.33. The van der Waals surface area contributed by atoms with Crippen molar-refractivity contribution >= 4 is 0 Å². The SMILES string of the molecule is COc1cc2cc(c1)C[n+]1ccn(c1)Cc1cccc(n1)Cn1cc[n+](c1)C2. The molecular formula is C22H23N5O+2. The fourth-order valence-electron chi connectivity index (χ4n) is 3.78. The van der Waals surface area contributed by atoms with E-state index in [0.717, 1.165) is 43.3 Å². The minimum Gasteiger partial charge on any atom is -0.497 e. The molecule has 0 saturated carbocycles. The fraction of sp³-hybridized carbons (Fsp3) is 0.227.